The predicted octanol–water partition coefficient (Wildman–Crippen LogP) is 1.62. The van der Waals surface area contributed by atoms with Crippen LogP contribution < -0.4 is 0 Å². The summed E-state index contributed by atoms with van der Waals surface area (Å²) >= 11 is 0. The second-order valence-electron chi connectivity index (χ2n) is 4.57. The lowest BCUT2D eigenvalue weighted by Crippen LogP contribution is -2.51. The molecule has 0 bridgehead atoms. The van der Waals surface area contributed by atoms with Crippen LogP contribution in [0.15, 0.2) is 0 Å². The van der Waals surface area contributed by atoms with Crippen LogP contribution in [0.2, 0.25) is 0 Å². The molecule has 1 rings (SSSR count). The number of hydrogen-bond acceptors (Lipinski definition) is 3. The maximum Gasteiger partial charge on any atom is 0.222 e. The normalized spacial score (nSPS) is 18.8. The molecule has 0 aliphatic carbocycles. The van der Waals surface area contributed by atoms with Crippen molar-refractivity contribution in [3.8, 4) is 6.07 Å². The predicted molar refractivity (Wildman–Crippen MR) is 67.4 cm³/mol. The van der Waals surface area contributed by atoms with Crippen LogP contribution in [-0.4, -0.2) is 47.9 Å². The molecule has 4 nitrogen and oxygen atoms in total. The third-order valence-electron chi connectivity index (χ3n) is 3.39. The van der Waals surface area contributed by atoms with Crippen LogP contribution in [0, 0.1) is 11.3 Å². The molecule has 0 radical (unpaired) electrons. The van der Waals surface area contributed by atoms with E-state index in [1.807, 2.05) is 11.8 Å². The highest BCUT2D eigenvalue weighted by Gasteiger charge is 2.24. The SMILES string of the molecule is CCCCC(=O)N1CCN(C(C#N)CC)CC1. The molecule has 4 heteroatoms. The van der Waals surface area contributed by atoms with Crippen molar-refractivity contribution in [2.24, 2.45) is 0 Å². The third kappa shape index (κ3) is 4.01. The molecule has 0 aromatic carbocycles. The zero-order chi connectivity index (χ0) is 12.7. The summed E-state index contributed by atoms with van der Waals surface area (Å²) in [4.78, 5) is 15.9. The van der Waals surface area contributed by atoms with E-state index in [1.165, 1.54) is 0 Å². The molecular weight excluding hydrogens is 214 g/mol. The van der Waals surface area contributed by atoms with Crippen molar-refractivity contribution >= 4 is 5.91 Å². The first kappa shape index (κ1) is 14.0. The summed E-state index contributed by atoms with van der Waals surface area (Å²) in [5, 5.41) is 9.00. The van der Waals surface area contributed by atoms with Crippen LogP contribution in [0.4, 0.5) is 0 Å². The van der Waals surface area contributed by atoms with E-state index in [9.17, 15) is 4.79 Å². The average molecular weight is 237 g/mol. The van der Waals surface area contributed by atoms with Crippen LogP contribution in [0.25, 0.3) is 0 Å². The number of amides is 1. The highest BCUT2D eigenvalue weighted by molar-refractivity contribution is 5.76. The van der Waals surface area contributed by atoms with Crippen LogP contribution >= 0.6 is 0 Å². The molecule has 0 saturated carbocycles. The second kappa shape index (κ2) is 7.29. The molecule has 1 fully saturated rings. The maximum atomic E-state index is 11.8. The quantitative estimate of drug-likeness (QED) is 0.730. The van der Waals surface area contributed by atoms with Gasteiger partial charge in [-0.15, -0.1) is 0 Å². The Kier molecular flexibility index (Phi) is 5.99. The standard InChI is InChI=1S/C13H23N3O/c1-3-5-6-13(17)16-9-7-15(8-10-16)12(4-2)11-14/h12H,3-10H2,1-2H3. The van der Waals surface area contributed by atoms with Crippen molar-refractivity contribution in [1.29, 1.82) is 5.26 Å². The summed E-state index contributed by atoms with van der Waals surface area (Å²) in [6.45, 7) is 7.37. The molecular formula is C13H23N3O. The van der Waals surface area contributed by atoms with Crippen molar-refractivity contribution in [1.82, 2.24) is 9.80 Å². The van der Waals surface area contributed by atoms with E-state index in [2.05, 4.69) is 17.9 Å². The summed E-state index contributed by atoms with van der Waals surface area (Å²) in [5.74, 6) is 0.275. The summed E-state index contributed by atoms with van der Waals surface area (Å²) in [7, 11) is 0. The number of carbonyl (C=O) groups is 1. The van der Waals surface area contributed by atoms with Gasteiger partial charge in [0.05, 0.1) is 12.1 Å². The molecule has 1 amide bonds. The average Bonchev–Trinajstić information content (AvgIpc) is 2.38. The number of rotatable bonds is 5. The van der Waals surface area contributed by atoms with Crippen molar-refractivity contribution in [3.63, 3.8) is 0 Å². The lowest BCUT2D eigenvalue weighted by Gasteiger charge is -2.36. The highest BCUT2D eigenvalue weighted by Crippen LogP contribution is 2.10. The molecule has 96 valence electrons. The van der Waals surface area contributed by atoms with Crippen molar-refractivity contribution < 1.29 is 4.79 Å². The highest BCUT2D eigenvalue weighted by atomic mass is 16.2. The lowest BCUT2D eigenvalue weighted by atomic mass is 10.1. The van der Waals surface area contributed by atoms with Gasteiger partial charge in [0, 0.05) is 32.6 Å². The van der Waals surface area contributed by atoms with Crippen LogP contribution in [0.3, 0.4) is 0 Å². The largest absolute Gasteiger partial charge is 0.340 e. The van der Waals surface area contributed by atoms with Gasteiger partial charge in [-0.25, -0.2) is 0 Å². The van der Waals surface area contributed by atoms with Crippen LogP contribution in [0.5, 0.6) is 0 Å². The fraction of sp³-hybridized carbons (Fsp3) is 0.846. The zero-order valence-corrected chi connectivity index (χ0v) is 11.0. The zero-order valence-electron chi connectivity index (χ0n) is 11.0. The van der Waals surface area contributed by atoms with Crippen LogP contribution in [0.1, 0.15) is 39.5 Å². The van der Waals surface area contributed by atoms with E-state index < -0.39 is 0 Å². The molecule has 1 aliphatic rings. The Hall–Kier alpha value is -1.08. The first-order valence-electron chi connectivity index (χ1n) is 6.64. The maximum absolute atomic E-state index is 11.8. The molecule has 0 N–H and O–H groups in total. The van der Waals surface area contributed by atoms with Gasteiger partial charge in [0.15, 0.2) is 0 Å². The first-order valence-corrected chi connectivity index (χ1v) is 6.64. The van der Waals surface area contributed by atoms with E-state index in [-0.39, 0.29) is 11.9 Å². The first-order chi connectivity index (χ1) is 8.22. The molecule has 1 aliphatic heterocycles. The van der Waals surface area contributed by atoms with E-state index >= 15 is 0 Å². The Morgan fingerprint density at radius 1 is 1.29 bits per heavy atom. The Morgan fingerprint density at radius 3 is 2.41 bits per heavy atom. The smallest absolute Gasteiger partial charge is 0.222 e. The Morgan fingerprint density at radius 2 is 1.94 bits per heavy atom. The van der Waals surface area contributed by atoms with Crippen molar-refractivity contribution in [2.45, 2.75) is 45.6 Å². The molecule has 1 heterocycles. The monoisotopic (exact) mass is 237 g/mol. The van der Waals surface area contributed by atoms with E-state index in [1.54, 1.807) is 0 Å². The third-order valence-corrected chi connectivity index (χ3v) is 3.39. The molecule has 0 aromatic heterocycles. The second-order valence-corrected chi connectivity index (χ2v) is 4.57. The van der Waals surface area contributed by atoms with E-state index in [0.29, 0.717) is 6.42 Å². The summed E-state index contributed by atoms with van der Waals surface area (Å²) in [5.41, 5.74) is 0. The Balaban J connectivity index is 2.35. The fourth-order valence-corrected chi connectivity index (χ4v) is 2.20. The van der Waals surface area contributed by atoms with Gasteiger partial charge in [-0.1, -0.05) is 20.3 Å². The molecule has 17 heavy (non-hydrogen) atoms. The summed E-state index contributed by atoms with van der Waals surface area (Å²) in [6, 6.07) is 2.34. The number of piperazine rings is 1. The number of unbranched alkanes of at least 4 members (excludes halogenated alkanes) is 1. The van der Waals surface area contributed by atoms with Gasteiger partial charge in [-0.05, 0) is 12.8 Å². The Bertz CT molecular complexity index is 277. The minimum absolute atomic E-state index is 0.0166. The van der Waals surface area contributed by atoms with E-state index in [0.717, 1.165) is 45.4 Å². The van der Waals surface area contributed by atoms with Gasteiger partial charge < -0.3 is 4.90 Å². The molecule has 1 atom stereocenters. The van der Waals surface area contributed by atoms with Crippen molar-refractivity contribution in [2.75, 3.05) is 26.2 Å². The molecule has 1 unspecified atom stereocenters. The number of carbonyl (C=O) groups excluding carboxylic acids is 1. The molecule has 0 spiro atoms. The minimum Gasteiger partial charge on any atom is -0.340 e. The number of hydrogen-bond donors (Lipinski definition) is 0. The molecule has 1 saturated heterocycles. The topological polar surface area (TPSA) is 47.3 Å². The van der Waals surface area contributed by atoms with Gasteiger partial charge in [0.1, 0.15) is 0 Å². The fourth-order valence-electron chi connectivity index (χ4n) is 2.20. The number of nitriles is 1. The van der Waals surface area contributed by atoms with Crippen LogP contribution in [-0.2, 0) is 4.79 Å². The molecule has 0 aromatic rings. The van der Waals surface area contributed by atoms with Gasteiger partial charge in [0.25, 0.3) is 0 Å². The summed E-state index contributed by atoms with van der Waals surface area (Å²) in [6.07, 6.45) is 3.58. The minimum atomic E-state index is 0.0166. The summed E-state index contributed by atoms with van der Waals surface area (Å²) < 4.78 is 0. The number of nitrogens with zero attached hydrogens (tertiary/aromatic N) is 3. The van der Waals surface area contributed by atoms with Gasteiger partial charge >= 0.3 is 0 Å². The van der Waals surface area contributed by atoms with Gasteiger partial charge in [-0.3, -0.25) is 9.69 Å². The van der Waals surface area contributed by atoms with Gasteiger partial charge in [-0.2, -0.15) is 5.26 Å². The lowest BCUT2D eigenvalue weighted by molar-refractivity contribution is -0.133. The van der Waals surface area contributed by atoms with Gasteiger partial charge in [0.2, 0.25) is 5.91 Å². The van der Waals surface area contributed by atoms with E-state index in [4.69, 9.17) is 5.26 Å². The Labute approximate surface area is 104 Å². The van der Waals surface area contributed by atoms with Crippen molar-refractivity contribution in [3.05, 3.63) is 0 Å².